The SMILES string of the molecule is O=C1NC(=O)C(C(=O)C(=O)O)S1. The molecule has 0 aromatic rings. The van der Waals surface area contributed by atoms with E-state index in [1.54, 1.807) is 5.32 Å². The predicted octanol–water partition coefficient (Wildman–Crippen LogP) is -1.01. The molecule has 0 radical (unpaired) electrons. The van der Waals surface area contributed by atoms with Crippen LogP contribution >= 0.6 is 11.8 Å². The average Bonchev–Trinajstić information content (AvgIpc) is 2.28. The largest absolute Gasteiger partial charge is 0.475 e. The summed E-state index contributed by atoms with van der Waals surface area (Å²) in [5.74, 6) is -3.85. The lowest BCUT2D eigenvalue weighted by atomic mass is 10.2. The van der Waals surface area contributed by atoms with Crippen molar-refractivity contribution in [3.63, 3.8) is 0 Å². The summed E-state index contributed by atoms with van der Waals surface area (Å²) >= 11 is 0.380. The van der Waals surface area contributed by atoms with E-state index in [0.717, 1.165) is 0 Å². The predicted molar refractivity (Wildman–Crippen MR) is 37.6 cm³/mol. The number of hydrogen-bond acceptors (Lipinski definition) is 5. The summed E-state index contributed by atoms with van der Waals surface area (Å²) in [6.45, 7) is 0. The van der Waals surface area contributed by atoms with Crippen molar-refractivity contribution >= 4 is 34.7 Å². The molecule has 1 fully saturated rings. The molecule has 0 aromatic carbocycles. The number of hydrogen-bond donors (Lipinski definition) is 2. The van der Waals surface area contributed by atoms with Gasteiger partial charge in [0.2, 0.25) is 5.91 Å². The number of carbonyl (C=O) groups is 4. The minimum absolute atomic E-state index is 0.380. The highest BCUT2D eigenvalue weighted by atomic mass is 32.2. The molecule has 0 aliphatic carbocycles. The fourth-order valence-corrected chi connectivity index (χ4v) is 1.39. The highest BCUT2D eigenvalue weighted by Gasteiger charge is 2.40. The molecular weight excluding hydrogens is 186 g/mol. The van der Waals surface area contributed by atoms with Crippen LogP contribution in [0.2, 0.25) is 0 Å². The number of ketones is 1. The van der Waals surface area contributed by atoms with Crippen LogP contribution in [-0.2, 0) is 14.4 Å². The first kappa shape index (κ1) is 8.72. The summed E-state index contributed by atoms with van der Waals surface area (Å²) < 4.78 is 0. The van der Waals surface area contributed by atoms with Crippen LogP contribution in [0, 0.1) is 0 Å². The Morgan fingerprint density at radius 2 is 2.00 bits per heavy atom. The maximum Gasteiger partial charge on any atom is 0.373 e. The summed E-state index contributed by atoms with van der Waals surface area (Å²) in [4.78, 5) is 41.9. The summed E-state index contributed by atoms with van der Waals surface area (Å²) in [5.41, 5.74) is 0. The number of carbonyl (C=O) groups excluding carboxylic acids is 3. The molecule has 1 aliphatic heterocycles. The molecule has 64 valence electrons. The molecule has 1 unspecified atom stereocenters. The molecule has 2 N–H and O–H groups in total. The summed E-state index contributed by atoms with van der Waals surface area (Å²) in [6, 6.07) is 0. The van der Waals surface area contributed by atoms with E-state index >= 15 is 0 Å². The van der Waals surface area contributed by atoms with Crippen molar-refractivity contribution in [3.8, 4) is 0 Å². The molecule has 1 saturated heterocycles. The van der Waals surface area contributed by atoms with Crippen molar-refractivity contribution in [1.29, 1.82) is 0 Å². The van der Waals surface area contributed by atoms with Crippen molar-refractivity contribution in [3.05, 3.63) is 0 Å². The van der Waals surface area contributed by atoms with E-state index in [-0.39, 0.29) is 0 Å². The molecule has 6 nitrogen and oxygen atoms in total. The van der Waals surface area contributed by atoms with Gasteiger partial charge in [-0.1, -0.05) is 0 Å². The van der Waals surface area contributed by atoms with Gasteiger partial charge in [-0.25, -0.2) is 4.79 Å². The number of carboxylic acids is 1. The number of nitrogens with one attached hydrogen (secondary N) is 1. The molecule has 1 atom stereocenters. The quantitative estimate of drug-likeness (QED) is 0.426. The second-order valence-electron chi connectivity index (χ2n) is 1.94. The van der Waals surface area contributed by atoms with Gasteiger partial charge in [0.1, 0.15) is 0 Å². The molecule has 0 aromatic heterocycles. The molecule has 7 heteroatoms. The highest BCUT2D eigenvalue weighted by molar-refractivity contribution is 8.16. The van der Waals surface area contributed by atoms with Gasteiger partial charge in [0, 0.05) is 0 Å². The summed E-state index contributed by atoms with van der Waals surface area (Å²) in [5, 5.41) is 7.88. The van der Waals surface area contributed by atoms with Gasteiger partial charge in [0.25, 0.3) is 11.0 Å². The Morgan fingerprint density at radius 3 is 2.33 bits per heavy atom. The van der Waals surface area contributed by atoms with E-state index < -0.39 is 28.1 Å². The van der Waals surface area contributed by atoms with Crippen molar-refractivity contribution in [1.82, 2.24) is 5.32 Å². The molecule has 1 aliphatic rings. The number of Topliss-reactive ketones (excluding diaryl/α,β-unsaturated/α-hetero) is 1. The lowest BCUT2D eigenvalue weighted by Gasteiger charge is -1.96. The third kappa shape index (κ3) is 1.45. The Balaban J connectivity index is 2.77. The second-order valence-corrected chi connectivity index (χ2v) is 3.02. The van der Waals surface area contributed by atoms with Gasteiger partial charge < -0.3 is 5.11 Å². The van der Waals surface area contributed by atoms with Crippen molar-refractivity contribution in [2.45, 2.75) is 5.25 Å². The Labute approximate surface area is 70.3 Å². The summed E-state index contributed by atoms with van der Waals surface area (Å²) in [7, 11) is 0. The third-order valence-corrected chi connectivity index (χ3v) is 2.12. The lowest BCUT2D eigenvalue weighted by Crippen LogP contribution is -2.33. The number of thioether (sulfide) groups is 1. The van der Waals surface area contributed by atoms with Gasteiger partial charge in [-0.2, -0.15) is 0 Å². The molecule has 1 heterocycles. The van der Waals surface area contributed by atoms with Gasteiger partial charge in [-0.15, -0.1) is 0 Å². The average molecular weight is 189 g/mol. The fraction of sp³-hybridized carbons (Fsp3) is 0.200. The van der Waals surface area contributed by atoms with Crippen molar-refractivity contribution in [2.75, 3.05) is 0 Å². The zero-order valence-corrected chi connectivity index (χ0v) is 6.38. The first-order chi connectivity index (χ1) is 5.52. The number of carboxylic acid groups (broad SMARTS) is 1. The van der Waals surface area contributed by atoms with Gasteiger partial charge in [-0.3, -0.25) is 19.7 Å². The molecule has 0 spiro atoms. The topological polar surface area (TPSA) is 101 Å². The Morgan fingerprint density at radius 1 is 1.42 bits per heavy atom. The minimum Gasteiger partial charge on any atom is -0.475 e. The number of aliphatic carboxylic acids is 1. The highest BCUT2D eigenvalue weighted by Crippen LogP contribution is 2.19. The van der Waals surface area contributed by atoms with Crippen LogP contribution in [0.5, 0.6) is 0 Å². The Hall–Kier alpha value is -1.37. The maximum absolute atomic E-state index is 10.7. The fourth-order valence-electron chi connectivity index (χ4n) is 0.641. The molecule has 1 rings (SSSR count). The number of amides is 2. The number of rotatable bonds is 2. The second kappa shape index (κ2) is 2.94. The van der Waals surface area contributed by atoms with Gasteiger partial charge in [0.05, 0.1) is 0 Å². The van der Waals surface area contributed by atoms with Crippen LogP contribution in [0.25, 0.3) is 0 Å². The normalized spacial score (nSPS) is 22.2. The van der Waals surface area contributed by atoms with E-state index in [9.17, 15) is 19.2 Å². The van der Waals surface area contributed by atoms with Gasteiger partial charge in [0.15, 0.2) is 5.25 Å². The molecular formula is C5H3NO5S. The molecule has 2 amide bonds. The minimum atomic E-state index is -1.71. The lowest BCUT2D eigenvalue weighted by molar-refractivity contribution is -0.149. The van der Waals surface area contributed by atoms with Crippen LogP contribution in [0.1, 0.15) is 0 Å². The molecule has 0 bridgehead atoms. The smallest absolute Gasteiger partial charge is 0.373 e. The zero-order valence-electron chi connectivity index (χ0n) is 5.57. The van der Waals surface area contributed by atoms with Gasteiger partial charge in [-0.05, 0) is 11.8 Å². The first-order valence-electron chi connectivity index (χ1n) is 2.81. The Bertz CT molecular complexity index is 286. The first-order valence-corrected chi connectivity index (χ1v) is 3.69. The van der Waals surface area contributed by atoms with E-state index in [4.69, 9.17) is 5.11 Å². The van der Waals surface area contributed by atoms with Crippen LogP contribution in [0.15, 0.2) is 0 Å². The van der Waals surface area contributed by atoms with Crippen molar-refractivity contribution < 1.29 is 24.3 Å². The van der Waals surface area contributed by atoms with E-state index in [0.29, 0.717) is 11.8 Å². The van der Waals surface area contributed by atoms with E-state index in [2.05, 4.69) is 0 Å². The maximum atomic E-state index is 10.7. The van der Waals surface area contributed by atoms with E-state index in [1.165, 1.54) is 0 Å². The van der Waals surface area contributed by atoms with Crippen LogP contribution in [-0.4, -0.2) is 33.3 Å². The van der Waals surface area contributed by atoms with Gasteiger partial charge >= 0.3 is 5.97 Å². The standard InChI is InChI=1S/C5H3NO5S/c7-1(4(9)10)2-3(8)6-5(11)12-2/h2H,(H,9,10)(H,6,8,11). The molecule has 0 saturated carbocycles. The summed E-state index contributed by atoms with van der Waals surface area (Å²) in [6.07, 6.45) is 0. The molecule has 12 heavy (non-hydrogen) atoms. The zero-order chi connectivity index (χ0) is 9.30. The van der Waals surface area contributed by atoms with Crippen molar-refractivity contribution in [2.24, 2.45) is 0 Å². The van der Waals surface area contributed by atoms with Crippen LogP contribution in [0.4, 0.5) is 4.79 Å². The third-order valence-electron chi connectivity index (χ3n) is 1.14. The monoisotopic (exact) mass is 189 g/mol. The number of imide groups is 1. The van der Waals surface area contributed by atoms with Crippen LogP contribution in [0.3, 0.4) is 0 Å². The Kier molecular flexibility index (Phi) is 2.13. The van der Waals surface area contributed by atoms with Crippen LogP contribution < -0.4 is 5.32 Å². The van der Waals surface area contributed by atoms with E-state index in [1.807, 2.05) is 0 Å².